The number of ketones is 3. The Balaban J connectivity index is 1.46. The lowest BCUT2D eigenvalue weighted by Gasteiger charge is -2.56. The van der Waals surface area contributed by atoms with E-state index < -0.39 is 28.6 Å². The lowest BCUT2D eigenvalue weighted by atomic mass is 9.47. The Bertz CT molecular complexity index is 1510. The van der Waals surface area contributed by atoms with Crippen LogP contribution in [0.1, 0.15) is 62.7 Å². The maximum Gasteiger partial charge on any atom is 0.182 e. The van der Waals surface area contributed by atoms with Crippen molar-refractivity contribution in [3.05, 3.63) is 70.4 Å². The summed E-state index contributed by atoms with van der Waals surface area (Å²) in [5.74, 6) is -2.11. The minimum Gasteiger partial charge on any atom is -0.359 e. The molecule has 1 fully saturated rings. The van der Waals surface area contributed by atoms with Gasteiger partial charge in [0.2, 0.25) is 0 Å². The standard InChI is InChI=1S/C29H31N5O4/c1-14-10-18(32-17-6-8-31-9-7-17)11-16-12-29(30)13-19-23(34(4)5)25-21(15(2)33-38-25)26(36)28(19,3)27(37)22(29)24(35)20(14)16/h6-11,19,22-23H,12-13,30H2,1-5H3,(H,31,32). The van der Waals surface area contributed by atoms with Gasteiger partial charge < -0.3 is 15.6 Å². The van der Waals surface area contributed by atoms with E-state index in [1.807, 2.05) is 50.2 Å². The van der Waals surface area contributed by atoms with Crippen LogP contribution in [0.15, 0.2) is 41.2 Å². The number of nitrogens with one attached hydrogen (secondary N) is 1. The largest absolute Gasteiger partial charge is 0.359 e. The van der Waals surface area contributed by atoms with Crippen molar-refractivity contribution in [2.75, 3.05) is 19.4 Å². The van der Waals surface area contributed by atoms with Crippen LogP contribution in [0, 0.1) is 31.1 Å². The van der Waals surface area contributed by atoms with E-state index in [1.54, 1.807) is 26.2 Å². The summed E-state index contributed by atoms with van der Waals surface area (Å²) in [6, 6.07) is 7.19. The van der Waals surface area contributed by atoms with Gasteiger partial charge in [0.05, 0.1) is 22.7 Å². The third-order valence-electron chi connectivity index (χ3n) is 8.90. The molecular formula is C29H31N5O4. The maximum atomic E-state index is 14.4. The van der Waals surface area contributed by atoms with Crippen LogP contribution >= 0.6 is 0 Å². The highest BCUT2D eigenvalue weighted by Crippen LogP contribution is 2.58. The van der Waals surface area contributed by atoms with Gasteiger partial charge in [-0.2, -0.15) is 0 Å². The summed E-state index contributed by atoms with van der Waals surface area (Å²) in [5.41, 5.74) is 9.14. The highest BCUT2D eigenvalue weighted by molar-refractivity contribution is 6.25. The molecule has 38 heavy (non-hydrogen) atoms. The Morgan fingerprint density at radius 1 is 1.08 bits per heavy atom. The quantitative estimate of drug-likeness (QED) is 0.505. The molecule has 0 amide bonds. The number of hydrogen-bond donors (Lipinski definition) is 2. The second kappa shape index (κ2) is 8.15. The van der Waals surface area contributed by atoms with Crippen LogP contribution in [0.5, 0.6) is 0 Å². The summed E-state index contributed by atoms with van der Waals surface area (Å²) in [7, 11) is 3.79. The zero-order valence-electron chi connectivity index (χ0n) is 22.2. The first-order chi connectivity index (χ1) is 18.0. The summed E-state index contributed by atoms with van der Waals surface area (Å²) < 4.78 is 5.65. The van der Waals surface area contributed by atoms with Crippen molar-refractivity contribution < 1.29 is 18.9 Å². The molecule has 3 aromatic rings. The minimum absolute atomic E-state index is 0.298. The number of nitrogens with two attached hydrogens (primary N) is 1. The van der Waals surface area contributed by atoms with E-state index in [9.17, 15) is 14.4 Å². The number of carbonyl (C=O) groups excluding carboxylic acids is 3. The molecule has 0 saturated heterocycles. The zero-order valence-corrected chi connectivity index (χ0v) is 22.2. The van der Waals surface area contributed by atoms with Crippen molar-refractivity contribution >= 4 is 28.7 Å². The number of aromatic nitrogens is 2. The molecule has 9 heteroatoms. The molecule has 196 valence electrons. The van der Waals surface area contributed by atoms with E-state index in [4.69, 9.17) is 10.3 Å². The van der Waals surface area contributed by atoms with Crippen molar-refractivity contribution in [1.29, 1.82) is 0 Å². The monoisotopic (exact) mass is 513 g/mol. The van der Waals surface area contributed by atoms with Gasteiger partial charge in [-0.1, -0.05) is 5.16 Å². The van der Waals surface area contributed by atoms with Crippen molar-refractivity contribution in [2.24, 2.45) is 23.0 Å². The number of rotatable bonds is 3. The van der Waals surface area contributed by atoms with Crippen molar-refractivity contribution in [2.45, 2.75) is 45.2 Å². The molecule has 5 unspecified atom stereocenters. The van der Waals surface area contributed by atoms with Gasteiger partial charge in [0.1, 0.15) is 5.92 Å². The lowest BCUT2D eigenvalue weighted by Crippen LogP contribution is -2.70. The third-order valence-corrected chi connectivity index (χ3v) is 8.90. The number of pyridine rings is 1. The number of benzene rings is 1. The average Bonchev–Trinajstić information content (AvgIpc) is 3.22. The van der Waals surface area contributed by atoms with Gasteiger partial charge in [0, 0.05) is 40.8 Å². The SMILES string of the molecule is Cc1cc(Nc2ccncc2)cc2c1C(=O)C1C(=O)C3(C)C(=O)c4c(C)noc4C(N(C)C)C3CC1(N)C2. The Labute approximate surface area is 220 Å². The van der Waals surface area contributed by atoms with Gasteiger partial charge >= 0.3 is 0 Å². The molecular weight excluding hydrogens is 482 g/mol. The Morgan fingerprint density at radius 3 is 2.47 bits per heavy atom. The predicted molar refractivity (Wildman–Crippen MR) is 140 cm³/mol. The molecule has 0 aliphatic heterocycles. The van der Waals surface area contributed by atoms with E-state index in [-0.39, 0.29) is 17.6 Å². The smallest absolute Gasteiger partial charge is 0.182 e. The van der Waals surface area contributed by atoms with E-state index in [0.29, 0.717) is 35.4 Å². The van der Waals surface area contributed by atoms with Gasteiger partial charge in [-0.15, -0.1) is 0 Å². The summed E-state index contributed by atoms with van der Waals surface area (Å²) >= 11 is 0. The third kappa shape index (κ3) is 3.21. The van der Waals surface area contributed by atoms with Gasteiger partial charge in [-0.25, -0.2) is 0 Å². The molecule has 0 spiro atoms. The predicted octanol–water partition coefficient (Wildman–Crippen LogP) is 3.58. The molecule has 3 aliphatic rings. The number of carbonyl (C=O) groups is 3. The molecule has 9 nitrogen and oxygen atoms in total. The minimum atomic E-state index is -1.41. The zero-order chi connectivity index (χ0) is 27.1. The molecule has 3 N–H and O–H groups in total. The van der Waals surface area contributed by atoms with Crippen LogP contribution in [-0.2, 0) is 11.2 Å². The Hall–Kier alpha value is -3.69. The van der Waals surface area contributed by atoms with E-state index >= 15 is 0 Å². The van der Waals surface area contributed by atoms with Crippen LogP contribution in [0.4, 0.5) is 11.4 Å². The van der Waals surface area contributed by atoms with Crippen LogP contribution in [0.2, 0.25) is 0 Å². The summed E-state index contributed by atoms with van der Waals surface area (Å²) in [4.78, 5) is 48.4. The molecule has 5 atom stereocenters. The molecule has 6 rings (SSSR count). The molecule has 3 aliphatic carbocycles. The second-order valence-corrected chi connectivity index (χ2v) is 11.5. The lowest BCUT2D eigenvalue weighted by molar-refractivity contribution is -0.141. The Morgan fingerprint density at radius 2 is 1.79 bits per heavy atom. The first-order valence-corrected chi connectivity index (χ1v) is 12.8. The highest BCUT2D eigenvalue weighted by atomic mass is 16.5. The van der Waals surface area contributed by atoms with E-state index in [2.05, 4.69) is 15.5 Å². The molecule has 1 saturated carbocycles. The van der Waals surface area contributed by atoms with Crippen LogP contribution in [-0.4, -0.2) is 52.0 Å². The molecule has 0 bridgehead atoms. The van der Waals surface area contributed by atoms with Crippen LogP contribution < -0.4 is 11.1 Å². The molecule has 1 aromatic carbocycles. The number of aryl methyl sites for hydroxylation is 2. The van der Waals surface area contributed by atoms with E-state index in [0.717, 1.165) is 22.5 Å². The van der Waals surface area contributed by atoms with E-state index in [1.165, 1.54) is 0 Å². The number of nitrogens with zero attached hydrogens (tertiary/aromatic N) is 3. The van der Waals surface area contributed by atoms with Crippen molar-refractivity contribution in [1.82, 2.24) is 15.0 Å². The number of anilines is 2. The Kier molecular flexibility index (Phi) is 5.29. The number of fused-ring (bicyclic) bond motifs is 4. The fourth-order valence-electron chi connectivity index (χ4n) is 7.16. The number of hydrogen-bond acceptors (Lipinski definition) is 9. The van der Waals surface area contributed by atoms with Gasteiger partial charge in [0.15, 0.2) is 23.1 Å². The maximum absolute atomic E-state index is 14.4. The summed E-state index contributed by atoms with van der Waals surface area (Å²) in [6.45, 7) is 5.27. The normalized spacial score (nSPS) is 30.0. The fourth-order valence-corrected chi connectivity index (χ4v) is 7.16. The highest BCUT2D eigenvalue weighted by Gasteiger charge is 2.68. The van der Waals surface area contributed by atoms with Crippen LogP contribution in [0.3, 0.4) is 0 Å². The van der Waals surface area contributed by atoms with Gasteiger partial charge in [0.25, 0.3) is 0 Å². The second-order valence-electron chi connectivity index (χ2n) is 11.5. The topological polar surface area (TPSA) is 131 Å². The summed E-state index contributed by atoms with van der Waals surface area (Å²) in [5, 5.41) is 7.43. The van der Waals surface area contributed by atoms with Crippen molar-refractivity contribution in [3.63, 3.8) is 0 Å². The summed E-state index contributed by atoms with van der Waals surface area (Å²) in [6.07, 6.45) is 4.07. The van der Waals surface area contributed by atoms with Crippen LogP contribution in [0.25, 0.3) is 0 Å². The molecule has 2 heterocycles. The molecule has 0 radical (unpaired) electrons. The number of Topliss-reactive ketones (excluding diaryl/α,β-unsaturated/α-hetero) is 3. The molecule has 2 aromatic heterocycles. The average molecular weight is 514 g/mol. The van der Waals surface area contributed by atoms with Gasteiger partial charge in [-0.3, -0.25) is 24.3 Å². The first kappa shape index (κ1) is 24.6. The van der Waals surface area contributed by atoms with Gasteiger partial charge in [-0.05, 0) is 83.1 Å². The fraction of sp³-hybridized carbons (Fsp3) is 0.414. The van der Waals surface area contributed by atoms with Crippen molar-refractivity contribution in [3.8, 4) is 0 Å². The first-order valence-electron chi connectivity index (χ1n) is 12.8.